The van der Waals surface area contributed by atoms with E-state index in [1.807, 2.05) is 6.07 Å². The molecule has 0 radical (unpaired) electrons. The first-order chi connectivity index (χ1) is 12.7. The number of carbonyl (C=O) groups excluding carboxylic acids is 1. The van der Waals surface area contributed by atoms with Crippen molar-refractivity contribution in [3.63, 3.8) is 0 Å². The Hall–Kier alpha value is -2.54. The van der Waals surface area contributed by atoms with Crippen LogP contribution in [0.2, 0.25) is 0 Å². The molecule has 7 heteroatoms. The van der Waals surface area contributed by atoms with Gasteiger partial charge in [0.1, 0.15) is 17.1 Å². The highest BCUT2D eigenvalue weighted by Crippen LogP contribution is 2.32. The molecule has 1 aromatic carbocycles. The van der Waals surface area contributed by atoms with Crippen LogP contribution in [-0.4, -0.2) is 59.2 Å². The molecule has 4 rings (SSSR count). The van der Waals surface area contributed by atoms with Crippen LogP contribution in [0.3, 0.4) is 0 Å². The maximum absolute atomic E-state index is 13.6. The molecule has 6 nitrogen and oxygen atoms in total. The number of hydrogen-bond acceptors (Lipinski definition) is 5. The van der Waals surface area contributed by atoms with Gasteiger partial charge in [-0.1, -0.05) is 6.07 Å². The molecule has 0 unspecified atom stereocenters. The van der Waals surface area contributed by atoms with E-state index in [4.69, 9.17) is 4.74 Å². The fourth-order valence-corrected chi connectivity index (χ4v) is 3.83. The molecule has 2 aliphatic heterocycles. The molecule has 0 aliphatic carbocycles. The van der Waals surface area contributed by atoms with Crippen molar-refractivity contribution >= 4 is 11.6 Å². The normalized spacial score (nSPS) is 23.3. The summed E-state index contributed by atoms with van der Waals surface area (Å²) in [7, 11) is 0. The van der Waals surface area contributed by atoms with Gasteiger partial charge in [-0.05, 0) is 31.0 Å². The zero-order valence-electron chi connectivity index (χ0n) is 14.5. The molecule has 1 aromatic heterocycles. The van der Waals surface area contributed by atoms with E-state index in [-0.39, 0.29) is 11.7 Å². The van der Waals surface area contributed by atoms with Gasteiger partial charge in [-0.2, -0.15) is 0 Å². The lowest BCUT2D eigenvalue weighted by Crippen LogP contribution is -2.61. The Balaban J connectivity index is 1.51. The SMILES string of the molecule is O=C(c1cnccn1)N1CCO[C@]2(CCCN(c3cccc(F)c3)C2)C1. The quantitative estimate of drug-likeness (QED) is 0.825. The van der Waals surface area contributed by atoms with Gasteiger partial charge in [0.25, 0.3) is 5.91 Å². The minimum atomic E-state index is -0.430. The molecule has 136 valence electrons. The molecule has 2 saturated heterocycles. The molecule has 26 heavy (non-hydrogen) atoms. The number of anilines is 1. The summed E-state index contributed by atoms with van der Waals surface area (Å²) in [5, 5.41) is 0. The van der Waals surface area contributed by atoms with E-state index < -0.39 is 5.60 Å². The van der Waals surface area contributed by atoms with E-state index >= 15 is 0 Å². The number of piperidine rings is 1. The Bertz CT molecular complexity index is 784. The Labute approximate surface area is 151 Å². The van der Waals surface area contributed by atoms with Crippen molar-refractivity contribution in [2.24, 2.45) is 0 Å². The van der Waals surface area contributed by atoms with Crippen LogP contribution >= 0.6 is 0 Å². The fourth-order valence-electron chi connectivity index (χ4n) is 3.83. The van der Waals surface area contributed by atoms with Gasteiger partial charge < -0.3 is 14.5 Å². The smallest absolute Gasteiger partial charge is 0.274 e. The maximum Gasteiger partial charge on any atom is 0.274 e. The van der Waals surface area contributed by atoms with E-state index in [9.17, 15) is 9.18 Å². The Morgan fingerprint density at radius 1 is 1.23 bits per heavy atom. The zero-order chi connectivity index (χ0) is 18.0. The van der Waals surface area contributed by atoms with Crippen molar-refractivity contribution in [3.05, 3.63) is 54.4 Å². The van der Waals surface area contributed by atoms with Gasteiger partial charge in [-0.25, -0.2) is 9.37 Å². The van der Waals surface area contributed by atoms with Crippen LogP contribution < -0.4 is 4.90 Å². The number of ether oxygens (including phenoxy) is 1. The first kappa shape index (κ1) is 16.9. The summed E-state index contributed by atoms with van der Waals surface area (Å²) in [6.45, 7) is 3.03. The van der Waals surface area contributed by atoms with E-state index in [0.717, 1.165) is 25.1 Å². The topological polar surface area (TPSA) is 58.6 Å². The summed E-state index contributed by atoms with van der Waals surface area (Å²) in [4.78, 5) is 24.8. The van der Waals surface area contributed by atoms with Crippen molar-refractivity contribution < 1.29 is 13.9 Å². The van der Waals surface area contributed by atoms with Crippen LogP contribution in [0.4, 0.5) is 10.1 Å². The van der Waals surface area contributed by atoms with Crippen molar-refractivity contribution in [1.29, 1.82) is 0 Å². The number of rotatable bonds is 2. The molecule has 0 bridgehead atoms. The first-order valence-corrected chi connectivity index (χ1v) is 8.85. The van der Waals surface area contributed by atoms with E-state index in [1.165, 1.54) is 18.5 Å². The van der Waals surface area contributed by atoms with Crippen molar-refractivity contribution in [2.45, 2.75) is 18.4 Å². The summed E-state index contributed by atoms with van der Waals surface area (Å²) in [5.74, 6) is -0.366. The molecule has 1 atom stereocenters. The molecular weight excluding hydrogens is 335 g/mol. The van der Waals surface area contributed by atoms with Gasteiger partial charge in [-0.3, -0.25) is 9.78 Å². The molecule has 0 saturated carbocycles. The van der Waals surface area contributed by atoms with Gasteiger partial charge in [0, 0.05) is 37.7 Å². The summed E-state index contributed by atoms with van der Waals surface area (Å²) in [6.07, 6.45) is 6.38. The third kappa shape index (κ3) is 3.39. The third-order valence-corrected chi connectivity index (χ3v) is 5.03. The van der Waals surface area contributed by atoms with Crippen LogP contribution in [-0.2, 0) is 4.74 Å². The standard InChI is InChI=1S/C19H21FN4O2/c20-15-3-1-4-16(11-15)23-8-2-5-19(13-23)14-24(9-10-26-19)18(25)17-12-21-6-7-22-17/h1,3-4,6-7,11-12H,2,5,8-10,13-14H2/t19-/m0/s1. The second-order valence-electron chi connectivity index (χ2n) is 6.85. The zero-order valence-corrected chi connectivity index (χ0v) is 14.5. The molecule has 1 amide bonds. The summed E-state index contributed by atoms with van der Waals surface area (Å²) in [5.41, 5.74) is 0.771. The number of hydrogen-bond donors (Lipinski definition) is 0. The van der Waals surface area contributed by atoms with Gasteiger partial charge in [0.05, 0.1) is 19.3 Å². The fraction of sp³-hybridized carbons (Fsp3) is 0.421. The number of nitrogens with zero attached hydrogens (tertiary/aromatic N) is 4. The second-order valence-corrected chi connectivity index (χ2v) is 6.85. The molecule has 3 heterocycles. The van der Waals surface area contributed by atoms with E-state index in [1.54, 1.807) is 23.2 Å². The van der Waals surface area contributed by atoms with Crippen molar-refractivity contribution in [2.75, 3.05) is 37.7 Å². The van der Waals surface area contributed by atoms with Gasteiger partial charge in [-0.15, -0.1) is 0 Å². The molecule has 2 aliphatic rings. The lowest BCUT2D eigenvalue weighted by atomic mass is 9.90. The number of carbonyl (C=O) groups is 1. The average Bonchev–Trinajstić information content (AvgIpc) is 2.68. The average molecular weight is 356 g/mol. The predicted octanol–water partition coefficient (Wildman–Crippen LogP) is 2.13. The van der Waals surface area contributed by atoms with E-state index in [2.05, 4.69) is 14.9 Å². The Kier molecular flexibility index (Phi) is 4.55. The highest BCUT2D eigenvalue weighted by molar-refractivity contribution is 5.92. The van der Waals surface area contributed by atoms with E-state index in [0.29, 0.717) is 31.9 Å². The van der Waals surface area contributed by atoms with Gasteiger partial charge in [0.2, 0.25) is 0 Å². The highest BCUT2D eigenvalue weighted by atomic mass is 19.1. The van der Waals surface area contributed by atoms with Crippen LogP contribution in [0, 0.1) is 5.82 Å². The van der Waals surface area contributed by atoms with Crippen molar-refractivity contribution in [1.82, 2.24) is 14.9 Å². The molecule has 2 aromatic rings. The largest absolute Gasteiger partial charge is 0.369 e. The predicted molar refractivity (Wildman–Crippen MR) is 94.5 cm³/mol. The van der Waals surface area contributed by atoms with Crippen LogP contribution in [0.25, 0.3) is 0 Å². The van der Waals surface area contributed by atoms with Crippen molar-refractivity contribution in [3.8, 4) is 0 Å². The maximum atomic E-state index is 13.6. The molecular formula is C19H21FN4O2. The van der Waals surface area contributed by atoms with Crippen LogP contribution in [0.15, 0.2) is 42.9 Å². The Morgan fingerprint density at radius 3 is 2.96 bits per heavy atom. The van der Waals surface area contributed by atoms with Gasteiger partial charge in [0.15, 0.2) is 0 Å². The minimum absolute atomic E-state index is 0.122. The van der Waals surface area contributed by atoms with Crippen LogP contribution in [0.1, 0.15) is 23.3 Å². The Morgan fingerprint density at radius 2 is 2.15 bits per heavy atom. The number of morpholine rings is 1. The molecule has 1 spiro atoms. The lowest BCUT2D eigenvalue weighted by molar-refractivity contribution is -0.105. The second kappa shape index (κ2) is 6.99. The van der Waals surface area contributed by atoms with Gasteiger partial charge >= 0.3 is 0 Å². The van der Waals surface area contributed by atoms with Crippen LogP contribution in [0.5, 0.6) is 0 Å². The number of halogens is 1. The molecule has 2 fully saturated rings. The summed E-state index contributed by atoms with van der Waals surface area (Å²) >= 11 is 0. The monoisotopic (exact) mass is 356 g/mol. The lowest BCUT2D eigenvalue weighted by Gasteiger charge is -2.48. The molecule has 0 N–H and O–H groups in total. The number of amides is 1. The minimum Gasteiger partial charge on any atom is -0.369 e. The number of benzene rings is 1. The first-order valence-electron chi connectivity index (χ1n) is 8.85. The highest BCUT2D eigenvalue weighted by Gasteiger charge is 2.42. The summed E-state index contributed by atoms with van der Waals surface area (Å²) < 4.78 is 19.7. The summed E-state index contributed by atoms with van der Waals surface area (Å²) in [6, 6.07) is 6.62. The number of aromatic nitrogens is 2. The third-order valence-electron chi connectivity index (χ3n) is 5.03.